The Balaban J connectivity index is 1.42. The number of hydrogen-bond acceptors (Lipinski definition) is 3. The van der Waals surface area contributed by atoms with Crippen LogP contribution >= 0.6 is 0 Å². The lowest BCUT2D eigenvalue weighted by atomic mass is 9.82. The monoisotopic (exact) mass is 330 g/mol. The van der Waals surface area contributed by atoms with Gasteiger partial charge in [-0.1, -0.05) is 24.3 Å². The molecule has 1 aliphatic carbocycles. The molecule has 1 fully saturated rings. The Hall–Kier alpha value is -1.39. The summed E-state index contributed by atoms with van der Waals surface area (Å²) in [6, 6.07) is 8.67. The molecule has 0 radical (unpaired) electrons. The molecule has 1 amide bonds. The van der Waals surface area contributed by atoms with E-state index in [1.807, 2.05) is 4.90 Å². The molecule has 1 heterocycles. The van der Waals surface area contributed by atoms with Gasteiger partial charge in [0.25, 0.3) is 0 Å². The number of rotatable bonds is 6. The van der Waals surface area contributed by atoms with Crippen LogP contribution in [0.1, 0.15) is 43.2 Å². The maximum atomic E-state index is 12.6. The molecular formula is C20H30N2O2. The van der Waals surface area contributed by atoms with Crippen molar-refractivity contribution in [2.75, 3.05) is 26.2 Å². The molecule has 0 bridgehead atoms. The van der Waals surface area contributed by atoms with Crippen LogP contribution in [0.15, 0.2) is 24.3 Å². The van der Waals surface area contributed by atoms with Crippen molar-refractivity contribution in [3.8, 4) is 0 Å². The van der Waals surface area contributed by atoms with Crippen molar-refractivity contribution in [3.05, 3.63) is 35.4 Å². The molecule has 1 aromatic rings. The Bertz CT molecular complexity index is 538. The van der Waals surface area contributed by atoms with Gasteiger partial charge in [-0.25, -0.2) is 0 Å². The number of ether oxygens (including phenoxy) is 1. The molecule has 1 unspecified atom stereocenters. The number of aryl methyl sites for hydroxylation is 1. The first kappa shape index (κ1) is 17.4. The van der Waals surface area contributed by atoms with Crippen LogP contribution in [0.2, 0.25) is 0 Å². The zero-order valence-corrected chi connectivity index (χ0v) is 14.6. The van der Waals surface area contributed by atoms with E-state index in [4.69, 9.17) is 10.5 Å². The van der Waals surface area contributed by atoms with Gasteiger partial charge < -0.3 is 15.4 Å². The number of nitrogens with zero attached hydrogens (tertiary/aromatic N) is 1. The molecule has 0 saturated carbocycles. The second-order valence-electron chi connectivity index (χ2n) is 7.17. The van der Waals surface area contributed by atoms with E-state index in [1.165, 1.54) is 11.1 Å². The molecule has 1 aliphatic heterocycles. The molecule has 132 valence electrons. The predicted octanol–water partition coefficient (Wildman–Crippen LogP) is 2.54. The molecule has 24 heavy (non-hydrogen) atoms. The maximum Gasteiger partial charge on any atom is 0.222 e. The van der Waals surface area contributed by atoms with Crippen LogP contribution in [0, 0.1) is 5.92 Å². The second kappa shape index (κ2) is 8.63. The van der Waals surface area contributed by atoms with E-state index in [9.17, 15) is 4.79 Å². The summed E-state index contributed by atoms with van der Waals surface area (Å²) in [5.74, 6) is 0.839. The van der Waals surface area contributed by atoms with Crippen molar-refractivity contribution in [2.24, 2.45) is 11.7 Å². The fourth-order valence-corrected chi connectivity index (χ4v) is 3.93. The quantitative estimate of drug-likeness (QED) is 0.816. The molecule has 2 aliphatic rings. The minimum Gasteiger partial charge on any atom is -0.378 e. The lowest BCUT2D eigenvalue weighted by Crippen LogP contribution is -2.41. The summed E-state index contributed by atoms with van der Waals surface area (Å²) in [6.07, 6.45) is 7.16. The number of fused-ring (bicyclic) bond motifs is 1. The van der Waals surface area contributed by atoms with Gasteiger partial charge in [0.15, 0.2) is 0 Å². The highest BCUT2D eigenvalue weighted by Crippen LogP contribution is 2.28. The van der Waals surface area contributed by atoms with Crippen molar-refractivity contribution in [3.63, 3.8) is 0 Å². The number of amides is 1. The highest BCUT2D eigenvalue weighted by atomic mass is 16.5. The largest absolute Gasteiger partial charge is 0.378 e. The van der Waals surface area contributed by atoms with Crippen LogP contribution < -0.4 is 5.73 Å². The zero-order chi connectivity index (χ0) is 16.8. The molecule has 2 N–H and O–H groups in total. The lowest BCUT2D eigenvalue weighted by molar-refractivity contribution is -0.134. The normalized spacial score (nSPS) is 21.5. The Morgan fingerprint density at radius 1 is 1.17 bits per heavy atom. The van der Waals surface area contributed by atoms with Crippen LogP contribution in [0.4, 0.5) is 0 Å². The average molecular weight is 330 g/mol. The van der Waals surface area contributed by atoms with E-state index >= 15 is 0 Å². The number of nitrogens with two attached hydrogens (primary N) is 1. The van der Waals surface area contributed by atoms with Crippen molar-refractivity contribution < 1.29 is 9.53 Å². The van der Waals surface area contributed by atoms with Crippen LogP contribution in [0.25, 0.3) is 0 Å². The number of benzene rings is 1. The first-order valence-corrected chi connectivity index (χ1v) is 9.42. The molecular weight excluding hydrogens is 300 g/mol. The summed E-state index contributed by atoms with van der Waals surface area (Å²) >= 11 is 0. The summed E-state index contributed by atoms with van der Waals surface area (Å²) in [5.41, 5.74) is 8.40. The van der Waals surface area contributed by atoms with E-state index in [-0.39, 0.29) is 0 Å². The number of carbonyl (C=O) groups excluding carboxylic acids is 1. The first-order valence-electron chi connectivity index (χ1n) is 9.42. The van der Waals surface area contributed by atoms with Gasteiger partial charge in [-0.15, -0.1) is 0 Å². The molecule has 1 atom stereocenters. The third kappa shape index (κ3) is 4.58. The molecule has 0 aromatic heterocycles. The third-order valence-electron chi connectivity index (χ3n) is 5.41. The van der Waals surface area contributed by atoms with Gasteiger partial charge in [-0.3, -0.25) is 4.79 Å². The Morgan fingerprint density at radius 2 is 1.92 bits per heavy atom. The Kier molecular flexibility index (Phi) is 6.27. The molecule has 4 nitrogen and oxygen atoms in total. The maximum absolute atomic E-state index is 12.6. The summed E-state index contributed by atoms with van der Waals surface area (Å²) in [7, 11) is 0. The molecule has 3 rings (SSSR count). The molecule has 1 aromatic carbocycles. The SMILES string of the molecule is NCCCOC1CCN(C(=O)CC2CCc3ccccc3C2)CC1. The minimum absolute atomic E-state index is 0.308. The second-order valence-corrected chi connectivity index (χ2v) is 7.17. The number of carbonyl (C=O) groups is 1. The average Bonchev–Trinajstić information content (AvgIpc) is 2.62. The highest BCUT2D eigenvalue weighted by molar-refractivity contribution is 5.76. The Morgan fingerprint density at radius 3 is 2.67 bits per heavy atom. The lowest BCUT2D eigenvalue weighted by Gasteiger charge is -2.33. The summed E-state index contributed by atoms with van der Waals surface area (Å²) in [6.45, 7) is 3.11. The number of hydrogen-bond donors (Lipinski definition) is 1. The van der Waals surface area contributed by atoms with Gasteiger partial charge in [0.2, 0.25) is 5.91 Å². The Labute approximate surface area is 145 Å². The van der Waals surface area contributed by atoms with Gasteiger partial charge in [-0.05, 0) is 62.1 Å². The smallest absolute Gasteiger partial charge is 0.222 e. The van der Waals surface area contributed by atoms with Crippen LogP contribution in [0.5, 0.6) is 0 Å². The van der Waals surface area contributed by atoms with Crippen LogP contribution in [-0.4, -0.2) is 43.2 Å². The van der Waals surface area contributed by atoms with Crippen molar-refractivity contribution in [2.45, 2.75) is 51.0 Å². The van der Waals surface area contributed by atoms with Crippen molar-refractivity contribution in [1.29, 1.82) is 0 Å². The van der Waals surface area contributed by atoms with Gasteiger partial charge in [0, 0.05) is 26.1 Å². The van der Waals surface area contributed by atoms with Crippen molar-refractivity contribution in [1.82, 2.24) is 4.90 Å². The van der Waals surface area contributed by atoms with E-state index < -0.39 is 0 Å². The molecule has 0 spiro atoms. The fourth-order valence-electron chi connectivity index (χ4n) is 3.93. The number of likely N-dealkylation sites (tertiary alicyclic amines) is 1. The highest BCUT2D eigenvalue weighted by Gasteiger charge is 2.26. The van der Waals surface area contributed by atoms with Crippen LogP contribution in [0.3, 0.4) is 0 Å². The van der Waals surface area contributed by atoms with Gasteiger partial charge >= 0.3 is 0 Å². The van der Waals surface area contributed by atoms with Gasteiger partial charge in [-0.2, -0.15) is 0 Å². The van der Waals surface area contributed by atoms with E-state index in [0.717, 1.165) is 58.2 Å². The topological polar surface area (TPSA) is 55.6 Å². The number of piperidine rings is 1. The molecule has 4 heteroatoms. The van der Waals surface area contributed by atoms with Crippen LogP contribution in [-0.2, 0) is 22.4 Å². The van der Waals surface area contributed by atoms with Gasteiger partial charge in [0.05, 0.1) is 6.10 Å². The minimum atomic E-state index is 0.308. The van der Waals surface area contributed by atoms with E-state index in [2.05, 4.69) is 24.3 Å². The van der Waals surface area contributed by atoms with E-state index in [0.29, 0.717) is 30.9 Å². The van der Waals surface area contributed by atoms with E-state index in [1.54, 1.807) is 0 Å². The zero-order valence-electron chi connectivity index (χ0n) is 14.6. The summed E-state index contributed by atoms with van der Waals surface area (Å²) in [4.78, 5) is 14.7. The fraction of sp³-hybridized carbons (Fsp3) is 0.650. The third-order valence-corrected chi connectivity index (χ3v) is 5.41. The van der Waals surface area contributed by atoms with Gasteiger partial charge in [0.1, 0.15) is 0 Å². The molecule has 1 saturated heterocycles. The van der Waals surface area contributed by atoms with Crippen molar-refractivity contribution >= 4 is 5.91 Å². The first-order chi connectivity index (χ1) is 11.8. The summed E-state index contributed by atoms with van der Waals surface area (Å²) < 4.78 is 5.82. The predicted molar refractivity (Wildman–Crippen MR) is 95.8 cm³/mol. The summed E-state index contributed by atoms with van der Waals surface area (Å²) in [5, 5.41) is 0. The standard InChI is InChI=1S/C20H30N2O2/c21-10-3-13-24-19-8-11-22(12-9-19)20(23)15-16-6-7-17-4-1-2-5-18(17)14-16/h1-2,4-5,16,19H,3,6-15,21H2.